The van der Waals surface area contributed by atoms with E-state index in [1.807, 2.05) is 0 Å². The molecule has 36 heavy (non-hydrogen) atoms. The molecule has 0 aromatic rings. The molecule has 0 saturated heterocycles. The van der Waals surface area contributed by atoms with Crippen LogP contribution < -0.4 is 11.2 Å². The van der Waals surface area contributed by atoms with Crippen LogP contribution in [-0.4, -0.2) is 38.1 Å². The summed E-state index contributed by atoms with van der Waals surface area (Å²) in [5.41, 5.74) is 7.85. The van der Waals surface area contributed by atoms with Gasteiger partial charge in [-0.2, -0.15) is 4.62 Å². The molecular formula is C22H48N4O8P2. The molecule has 0 rings (SSSR count). The maximum absolute atomic E-state index is 12.6. The number of unbranched alkanes of at least 4 members (excludes halogenated alkanes) is 9. The van der Waals surface area contributed by atoms with Gasteiger partial charge in [-0.1, -0.05) is 56.5 Å². The first kappa shape index (κ1) is 35.0. The van der Waals surface area contributed by atoms with Crippen LogP contribution in [0.25, 0.3) is 0 Å². The van der Waals surface area contributed by atoms with Gasteiger partial charge >= 0.3 is 15.6 Å². The molecule has 0 unspecified atom stereocenters. The van der Waals surface area contributed by atoms with Crippen LogP contribution in [0.2, 0.25) is 0 Å². The molecule has 14 heteroatoms. The number of nitrogens with one attached hydrogen (secondary N) is 2. The van der Waals surface area contributed by atoms with Gasteiger partial charge in [0.15, 0.2) is 5.84 Å². The molecule has 4 N–H and O–H groups in total. The Morgan fingerprint density at radius 2 is 1.08 bits per heavy atom. The Kier molecular flexibility index (Phi) is 21.4. The molecule has 0 radical (unpaired) electrons. The van der Waals surface area contributed by atoms with Crippen LogP contribution in [0.5, 0.6) is 0 Å². The maximum atomic E-state index is 12.6. The second-order valence-corrected chi connectivity index (χ2v) is 11.1. The van der Waals surface area contributed by atoms with E-state index in [2.05, 4.69) is 10.6 Å². The predicted molar refractivity (Wildman–Crippen MR) is 142 cm³/mol. The first-order valence-electron chi connectivity index (χ1n) is 13.0. The van der Waals surface area contributed by atoms with E-state index in [1.54, 1.807) is 27.7 Å². The van der Waals surface area contributed by atoms with Crippen molar-refractivity contribution in [1.82, 2.24) is 5.48 Å². The second kappa shape index (κ2) is 22.0. The molecule has 0 aliphatic rings. The normalized spacial score (nSPS) is 12.6. The van der Waals surface area contributed by atoms with Gasteiger partial charge in [0.25, 0.3) is 0 Å². The number of amidine groups is 2. The summed E-state index contributed by atoms with van der Waals surface area (Å²) in [5.74, 6) is 0.437. The van der Waals surface area contributed by atoms with E-state index in [1.165, 1.54) is 25.7 Å². The van der Waals surface area contributed by atoms with Gasteiger partial charge in [0.1, 0.15) is 0 Å². The summed E-state index contributed by atoms with van der Waals surface area (Å²) in [6.45, 7) is 7.16. The largest absolute Gasteiger partial charge is 0.550 e. The average Bonchev–Trinajstić information content (AvgIpc) is 2.81. The molecule has 214 valence electrons. The third-order valence-electron chi connectivity index (χ3n) is 4.78. The summed E-state index contributed by atoms with van der Waals surface area (Å²) in [4.78, 5) is 0. The van der Waals surface area contributed by atoms with E-state index in [9.17, 15) is 9.13 Å². The summed E-state index contributed by atoms with van der Waals surface area (Å²) in [6, 6.07) is 0. The Morgan fingerprint density at radius 1 is 0.694 bits per heavy atom. The minimum atomic E-state index is -3.87. The number of phosphoric ester groups is 2. The fourth-order valence-electron chi connectivity index (χ4n) is 3.15. The maximum Gasteiger partial charge on any atom is 0.550 e. The number of rotatable bonds is 25. The van der Waals surface area contributed by atoms with Gasteiger partial charge < -0.3 is 5.73 Å². The van der Waals surface area contributed by atoms with Gasteiger partial charge in [-0.25, -0.2) is 14.6 Å². The van der Waals surface area contributed by atoms with Gasteiger partial charge in [-0.05, 0) is 40.5 Å². The molecular weight excluding hydrogens is 510 g/mol. The van der Waals surface area contributed by atoms with Crippen molar-refractivity contribution in [2.75, 3.05) is 26.4 Å². The molecule has 0 spiro atoms. The van der Waals surface area contributed by atoms with E-state index >= 15 is 0 Å². The van der Waals surface area contributed by atoms with Crippen molar-refractivity contribution in [2.45, 2.75) is 105 Å². The molecule has 0 aromatic carbocycles. The SMILES string of the molecule is CCOP(=O)(OCC)ON=C(CCCCCCCCCCCCC(=N)N)NOP(=O)(OCC)OCC. The van der Waals surface area contributed by atoms with Crippen molar-refractivity contribution in [3.8, 4) is 0 Å². The smallest absolute Gasteiger partial charge is 0.388 e. The minimum Gasteiger partial charge on any atom is -0.388 e. The Hall–Kier alpha value is -1.00. The molecule has 0 bridgehead atoms. The quantitative estimate of drug-likeness (QED) is 0.0356. The summed E-state index contributed by atoms with van der Waals surface area (Å²) >= 11 is 0. The number of hydroxylamine groups is 1. The van der Waals surface area contributed by atoms with Crippen molar-refractivity contribution in [1.29, 1.82) is 5.41 Å². The Morgan fingerprint density at radius 3 is 1.50 bits per heavy atom. The highest BCUT2D eigenvalue weighted by Gasteiger charge is 2.29. The fourth-order valence-corrected chi connectivity index (χ4v) is 5.18. The van der Waals surface area contributed by atoms with E-state index in [0.29, 0.717) is 12.8 Å². The lowest BCUT2D eigenvalue weighted by molar-refractivity contribution is 0.0962. The van der Waals surface area contributed by atoms with Crippen LogP contribution in [0.1, 0.15) is 105 Å². The van der Waals surface area contributed by atoms with E-state index in [-0.39, 0.29) is 38.1 Å². The van der Waals surface area contributed by atoms with Gasteiger partial charge in [-0.15, -0.1) is 0 Å². The van der Waals surface area contributed by atoms with Crippen molar-refractivity contribution in [3.63, 3.8) is 0 Å². The minimum absolute atomic E-state index is 0.119. The van der Waals surface area contributed by atoms with Gasteiger partial charge in [0.2, 0.25) is 0 Å². The van der Waals surface area contributed by atoms with Crippen LogP contribution in [0, 0.1) is 5.41 Å². The Labute approximate surface area is 217 Å². The van der Waals surface area contributed by atoms with Crippen LogP contribution in [0.3, 0.4) is 0 Å². The van der Waals surface area contributed by atoms with Gasteiger partial charge in [0.05, 0.1) is 32.3 Å². The third-order valence-corrected chi connectivity index (χ3v) is 7.68. The van der Waals surface area contributed by atoms with Crippen LogP contribution >= 0.6 is 15.6 Å². The molecule has 0 aliphatic carbocycles. The number of phosphoric acid groups is 2. The van der Waals surface area contributed by atoms with Crippen LogP contribution in [0.4, 0.5) is 0 Å². The highest BCUT2D eigenvalue weighted by atomic mass is 31.2. The number of oxime groups is 1. The Balaban J connectivity index is 4.60. The lowest BCUT2D eigenvalue weighted by Crippen LogP contribution is -2.24. The summed E-state index contributed by atoms with van der Waals surface area (Å²) < 4.78 is 55.7. The molecule has 0 atom stereocenters. The van der Waals surface area contributed by atoms with E-state index < -0.39 is 15.6 Å². The van der Waals surface area contributed by atoms with E-state index in [0.717, 1.165) is 38.5 Å². The molecule has 0 saturated carbocycles. The van der Waals surface area contributed by atoms with E-state index in [4.69, 9.17) is 38.5 Å². The molecule has 0 fully saturated rings. The van der Waals surface area contributed by atoms with Crippen molar-refractivity contribution in [3.05, 3.63) is 0 Å². The summed E-state index contributed by atoms with van der Waals surface area (Å²) in [5, 5.41) is 11.1. The number of hydrogen-bond donors (Lipinski definition) is 3. The van der Waals surface area contributed by atoms with Crippen molar-refractivity contribution in [2.24, 2.45) is 10.9 Å². The molecule has 0 heterocycles. The number of nitrogens with two attached hydrogens (primary N) is 1. The number of nitrogens with zero attached hydrogens (tertiary/aromatic N) is 1. The first-order valence-corrected chi connectivity index (χ1v) is 16.0. The summed E-state index contributed by atoms with van der Waals surface area (Å²) in [6.07, 6.45) is 11.9. The lowest BCUT2D eigenvalue weighted by Gasteiger charge is -2.18. The summed E-state index contributed by atoms with van der Waals surface area (Å²) in [7, 11) is -7.70. The molecule has 0 amide bonds. The van der Waals surface area contributed by atoms with Crippen molar-refractivity contribution < 1.29 is 36.5 Å². The van der Waals surface area contributed by atoms with Crippen molar-refractivity contribution >= 4 is 27.3 Å². The van der Waals surface area contributed by atoms with Gasteiger partial charge in [0, 0.05) is 12.8 Å². The van der Waals surface area contributed by atoms with Crippen LogP contribution in [-0.2, 0) is 36.5 Å². The lowest BCUT2D eigenvalue weighted by atomic mass is 10.0. The topological polar surface area (TPSA) is 164 Å². The predicted octanol–water partition coefficient (Wildman–Crippen LogP) is 6.82. The average molecular weight is 559 g/mol. The monoisotopic (exact) mass is 558 g/mol. The zero-order valence-electron chi connectivity index (χ0n) is 22.5. The van der Waals surface area contributed by atoms with Gasteiger partial charge in [-0.3, -0.25) is 28.1 Å². The third kappa shape index (κ3) is 19.2. The zero-order chi connectivity index (χ0) is 27.1. The number of hydrogen-bond acceptors (Lipinski definition) is 10. The molecule has 0 aliphatic heterocycles. The first-order chi connectivity index (χ1) is 17.2. The fraction of sp³-hybridized carbons (Fsp3) is 0.909. The van der Waals surface area contributed by atoms with Crippen LogP contribution in [0.15, 0.2) is 5.16 Å². The standard InChI is InChI=1S/C22H48N4O8P2/c1-5-29-35(27,30-6-2)33-25-22(26-34-36(28,31-7-3)32-8-4)20-18-16-14-12-10-9-11-13-15-17-19-21(23)24/h5-20H2,1-4H3,(H3,23,24)(H,25,26). The zero-order valence-corrected chi connectivity index (χ0v) is 24.3. The second-order valence-electron chi connectivity index (χ2n) is 7.94. The highest BCUT2D eigenvalue weighted by Crippen LogP contribution is 2.50. The highest BCUT2D eigenvalue weighted by molar-refractivity contribution is 7.48. The molecule has 0 aromatic heterocycles. The molecule has 12 nitrogen and oxygen atoms in total. The Bertz CT molecular complexity index is 677.